The maximum atomic E-state index is 12.5. The lowest BCUT2D eigenvalue weighted by atomic mass is 9.82. The molecular formula is C13H26N2O. The topological polar surface area (TPSA) is 32.3 Å². The fourth-order valence-corrected chi connectivity index (χ4v) is 2.76. The third-order valence-electron chi connectivity index (χ3n) is 4.18. The molecule has 3 heteroatoms. The molecule has 1 saturated heterocycles. The Balaban J connectivity index is 2.74. The fraction of sp³-hybridized carbons (Fsp3) is 0.923. The fourth-order valence-electron chi connectivity index (χ4n) is 2.76. The first-order valence-corrected chi connectivity index (χ1v) is 6.59. The number of carbonyl (C=O) groups is 1. The smallest absolute Gasteiger partial charge is 0.230 e. The Morgan fingerprint density at radius 1 is 1.38 bits per heavy atom. The third kappa shape index (κ3) is 2.40. The molecule has 1 rings (SSSR count). The van der Waals surface area contributed by atoms with Crippen LogP contribution < -0.4 is 5.32 Å². The van der Waals surface area contributed by atoms with Crippen LogP contribution in [0, 0.1) is 5.41 Å². The van der Waals surface area contributed by atoms with Crippen molar-refractivity contribution in [2.45, 2.75) is 52.5 Å². The number of hydrogen-bond donors (Lipinski definition) is 1. The molecule has 0 aromatic heterocycles. The van der Waals surface area contributed by atoms with Gasteiger partial charge >= 0.3 is 0 Å². The SMILES string of the molecule is CCC(CC)N(C)C(=O)C1(CC)CCNC1. The highest BCUT2D eigenvalue weighted by Gasteiger charge is 2.42. The largest absolute Gasteiger partial charge is 0.342 e. The van der Waals surface area contributed by atoms with Gasteiger partial charge in [0.05, 0.1) is 5.41 Å². The maximum Gasteiger partial charge on any atom is 0.230 e. The number of hydrogen-bond acceptors (Lipinski definition) is 2. The van der Waals surface area contributed by atoms with Gasteiger partial charge in [-0.2, -0.15) is 0 Å². The van der Waals surface area contributed by atoms with Crippen molar-refractivity contribution in [3.8, 4) is 0 Å². The Hall–Kier alpha value is -0.570. The van der Waals surface area contributed by atoms with Gasteiger partial charge in [-0.1, -0.05) is 20.8 Å². The van der Waals surface area contributed by atoms with E-state index in [0.717, 1.165) is 38.8 Å². The molecule has 0 saturated carbocycles. The van der Waals surface area contributed by atoms with Crippen molar-refractivity contribution < 1.29 is 4.79 Å². The minimum atomic E-state index is -0.128. The summed E-state index contributed by atoms with van der Waals surface area (Å²) in [5.74, 6) is 0.341. The molecule has 1 heterocycles. The highest BCUT2D eigenvalue weighted by molar-refractivity contribution is 5.83. The average Bonchev–Trinajstić information content (AvgIpc) is 2.79. The van der Waals surface area contributed by atoms with E-state index in [-0.39, 0.29) is 5.41 Å². The molecule has 0 radical (unpaired) electrons. The van der Waals surface area contributed by atoms with Gasteiger partial charge in [0.25, 0.3) is 0 Å². The molecule has 1 fully saturated rings. The van der Waals surface area contributed by atoms with E-state index in [9.17, 15) is 4.79 Å². The second-order valence-electron chi connectivity index (χ2n) is 4.95. The van der Waals surface area contributed by atoms with Gasteiger partial charge in [0.1, 0.15) is 0 Å². The molecule has 0 aromatic rings. The Morgan fingerprint density at radius 2 is 2.00 bits per heavy atom. The van der Waals surface area contributed by atoms with Gasteiger partial charge in [-0.05, 0) is 32.2 Å². The molecule has 0 aliphatic carbocycles. The summed E-state index contributed by atoms with van der Waals surface area (Å²) in [4.78, 5) is 14.5. The lowest BCUT2D eigenvalue weighted by Crippen LogP contribution is -2.47. The van der Waals surface area contributed by atoms with Crippen molar-refractivity contribution >= 4 is 5.91 Å². The monoisotopic (exact) mass is 226 g/mol. The summed E-state index contributed by atoms with van der Waals surface area (Å²) in [6, 6.07) is 0.400. The molecule has 1 N–H and O–H groups in total. The van der Waals surface area contributed by atoms with Crippen molar-refractivity contribution in [3.63, 3.8) is 0 Å². The lowest BCUT2D eigenvalue weighted by Gasteiger charge is -2.35. The van der Waals surface area contributed by atoms with Crippen LogP contribution in [0.3, 0.4) is 0 Å². The van der Waals surface area contributed by atoms with Gasteiger partial charge in [0.2, 0.25) is 5.91 Å². The summed E-state index contributed by atoms with van der Waals surface area (Å²) in [7, 11) is 1.97. The van der Waals surface area contributed by atoms with E-state index >= 15 is 0 Å². The summed E-state index contributed by atoms with van der Waals surface area (Å²) in [5.41, 5.74) is -0.128. The zero-order valence-corrected chi connectivity index (χ0v) is 11.2. The van der Waals surface area contributed by atoms with Crippen LogP contribution >= 0.6 is 0 Å². The van der Waals surface area contributed by atoms with E-state index < -0.39 is 0 Å². The highest BCUT2D eigenvalue weighted by Crippen LogP contribution is 2.32. The molecule has 1 aliphatic heterocycles. The first kappa shape index (κ1) is 13.5. The minimum Gasteiger partial charge on any atom is -0.342 e. The summed E-state index contributed by atoms with van der Waals surface area (Å²) < 4.78 is 0. The Morgan fingerprint density at radius 3 is 2.38 bits per heavy atom. The lowest BCUT2D eigenvalue weighted by molar-refractivity contribution is -0.142. The van der Waals surface area contributed by atoms with Crippen LogP contribution in [0.25, 0.3) is 0 Å². The maximum absolute atomic E-state index is 12.5. The van der Waals surface area contributed by atoms with Crippen LogP contribution in [0.1, 0.15) is 46.5 Å². The number of rotatable bonds is 5. The Kier molecular flexibility index (Phi) is 4.78. The average molecular weight is 226 g/mol. The number of amides is 1. The normalized spacial score (nSPS) is 25.1. The predicted molar refractivity (Wildman–Crippen MR) is 67.4 cm³/mol. The summed E-state index contributed by atoms with van der Waals surface area (Å²) in [6.07, 6.45) is 4.04. The van der Waals surface area contributed by atoms with Crippen LogP contribution in [0.2, 0.25) is 0 Å². The molecule has 1 unspecified atom stereocenters. The van der Waals surface area contributed by atoms with E-state index in [4.69, 9.17) is 0 Å². The molecule has 0 spiro atoms. The van der Waals surface area contributed by atoms with Crippen LogP contribution in [-0.4, -0.2) is 37.0 Å². The standard InChI is InChI=1S/C13H26N2O/c1-5-11(6-2)15(4)12(16)13(7-3)8-9-14-10-13/h11,14H,5-10H2,1-4H3. The van der Waals surface area contributed by atoms with Gasteiger partial charge in [-0.25, -0.2) is 0 Å². The molecule has 1 atom stereocenters. The van der Waals surface area contributed by atoms with Crippen molar-refractivity contribution in [1.82, 2.24) is 10.2 Å². The van der Waals surface area contributed by atoms with Crippen LogP contribution in [0.5, 0.6) is 0 Å². The van der Waals surface area contributed by atoms with E-state index in [2.05, 4.69) is 26.1 Å². The number of nitrogens with zero attached hydrogens (tertiary/aromatic N) is 1. The summed E-state index contributed by atoms with van der Waals surface area (Å²) in [5, 5.41) is 3.33. The van der Waals surface area contributed by atoms with Crippen molar-refractivity contribution in [3.05, 3.63) is 0 Å². The second-order valence-corrected chi connectivity index (χ2v) is 4.95. The summed E-state index contributed by atoms with van der Waals surface area (Å²) >= 11 is 0. The van der Waals surface area contributed by atoms with Gasteiger partial charge in [-0.3, -0.25) is 4.79 Å². The zero-order chi connectivity index (χ0) is 12.2. The van der Waals surface area contributed by atoms with Gasteiger partial charge in [0, 0.05) is 19.6 Å². The van der Waals surface area contributed by atoms with Crippen LogP contribution in [-0.2, 0) is 4.79 Å². The molecule has 3 nitrogen and oxygen atoms in total. The molecule has 0 aromatic carbocycles. The molecule has 16 heavy (non-hydrogen) atoms. The second kappa shape index (κ2) is 5.67. The van der Waals surface area contributed by atoms with E-state index in [1.165, 1.54) is 0 Å². The Bertz CT molecular complexity index is 230. The van der Waals surface area contributed by atoms with E-state index in [0.29, 0.717) is 11.9 Å². The molecule has 1 amide bonds. The zero-order valence-electron chi connectivity index (χ0n) is 11.2. The van der Waals surface area contributed by atoms with Crippen molar-refractivity contribution in [1.29, 1.82) is 0 Å². The number of carbonyl (C=O) groups excluding carboxylic acids is 1. The minimum absolute atomic E-state index is 0.128. The quantitative estimate of drug-likeness (QED) is 0.778. The van der Waals surface area contributed by atoms with Gasteiger partial charge in [-0.15, -0.1) is 0 Å². The summed E-state index contributed by atoms with van der Waals surface area (Å²) in [6.45, 7) is 8.28. The van der Waals surface area contributed by atoms with E-state index in [1.807, 2.05) is 11.9 Å². The van der Waals surface area contributed by atoms with Gasteiger partial charge in [0.15, 0.2) is 0 Å². The molecule has 0 bridgehead atoms. The predicted octanol–water partition coefficient (Wildman–Crippen LogP) is 2.02. The first-order valence-electron chi connectivity index (χ1n) is 6.59. The van der Waals surface area contributed by atoms with Crippen LogP contribution in [0.4, 0.5) is 0 Å². The van der Waals surface area contributed by atoms with Gasteiger partial charge < -0.3 is 10.2 Å². The molecule has 1 aliphatic rings. The first-order chi connectivity index (χ1) is 7.61. The highest BCUT2D eigenvalue weighted by atomic mass is 16.2. The van der Waals surface area contributed by atoms with Crippen molar-refractivity contribution in [2.75, 3.05) is 20.1 Å². The van der Waals surface area contributed by atoms with Crippen molar-refractivity contribution in [2.24, 2.45) is 5.41 Å². The van der Waals surface area contributed by atoms with E-state index in [1.54, 1.807) is 0 Å². The molecule has 94 valence electrons. The Labute approximate surface area is 99.6 Å². The van der Waals surface area contributed by atoms with Crippen LogP contribution in [0.15, 0.2) is 0 Å². The molecular weight excluding hydrogens is 200 g/mol. The number of nitrogens with one attached hydrogen (secondary N) is 1. The third-order valence-corrected chi connectivity index (χ3v) is 4.18.